The maximum atomic E-state index is 12.2. The molecule has 0 radical (unpaired) electrons. The highest BCUT2D eigenvalue weighted by Crippen LogP contribution is 2.25. The van der Waals surface area contributed by atoms with Crippen molar-refractivity contribution in [2.75, 3.05) is 5.32 Å². The molecule has 1 aromatic heterocycles. The zero-order valence-electron chi connectivity index (χ0n) is 10.6. The van der Waals surface area contributed by atoms with E-state index in [4.69, 9.17) is 34.8 Å². The third-order valence-electron chi connectivity index (χ3n) is 2.54. The summed E-state index contributed by atoms with van der Waals surface area (Å²) in [7, 11) is 0. The number of carbonyl (C=O) groups is 1. The molecule has 0 saturated heterocycles. The summed E-state index contributed by atoms with van der Waals surface area (Å²) in [6, 6.07) is 4.85. The van der Waals surface area contributed by atoms with Gasteiger partial charge in [-0.3, -0.25) is 9.48 Å². The third-order valence-corrected chi connectivity index (χ3v) is 3.55. The summed E-state index contributed by atoms with van der Waals surface area (Å²) in [5.41, 5.74) is 0.710. The Morgan fingerprint density at radius 2 is 1.86 bits per heavy atom. The molecule has 1 heterocycles. The van der Waals surface area contributed by atoms with E-state index in [-0.39, 0.29) is 17.4 Å². The van der Waals surface area contributed by atoms with Crippen LogP contribution in [0.25, 0.3) is 0 Å². The molecule has 0 bridgehead atoms. The maximum Gasteiger partial charge on any atom is 0.471 e. The van der Waals surface area contributed by atoms with Crippen molar-refractivity contribution in [1.29, 1.82) is 0 Å². The van der Waals surface area contributed by atoms with Gasteiger partial charge in [0, 0.05) is 6.20 Å². The van der Waals surface area contributed by atoms with Crippen molar-refractivity contribution in [3.05, 3.63) is 45.0 Å². The Hall–Kier alpha value is -1.44. The van der Waals surface area contributed by atoms with Crippen LogP contribution in [0.15, 0.2) is 24.4 Å². The van der Waals surface area contributed by atoms with Gasteiger partial charge in [0.2, 0.25) is 0 Å². The van der Waals surface area contributed by atoms with E-state index in [1.807, 2.05) is 0 Å². The van der Waals surface area contributed by atoms with E-state index < -0.39 is 12.1 Å². The van der Waals surface area contributed by atoms with Crippen molar-refractivity contribution in [2.24, 2.45) is 0 Å². The van der Waals surface area contributed by atoms with Gasteiger partial charge in [0.15, 0.2) is 5.82 Å². The molecule has 1 aromatic carbocycles. The molecular formula is C12H7Cl3F3N3O. The van der Waals surface area contributed by atoms with Gasteiger partial charge in [-0.05, 0) is 17.7 Å². The molecule has 0 aliphatic heterocycles. The first kappa shape index (κ1) is 16.9. The molecule has 4 nitrogen and oxygen atoms in total. The van der Waals surface area contributed by atoms with Gasteiger partial charge in [0.05, 0.1) is 16.6 Å². The first-order valence-electron chi connectivity index (χ1n) is 5.72. The van der Waals surface area contributed by atoms with Gasteiger partial charge in [-0.25, -0.2) is 0 Å². The van der Waals surface area contributed by atoms with Gasteiger partial charge in [0.1, 0.15) is 5.02 Å². The van der Waals surface area contributed by atoms with Crippen LogP contribution in [0.1, 0.15) is 5.56 Å². The molecule has 2 rings (SSSR count). The summed E-state index contributed by atoms with van der Waals surface area (Å²) in [4.78, 5) is 10.9. The Kier molecular flexibility index (Phi) is 4.89. The van der Waals surface area contributed by atoms with Crippen molar-refractivity contribution in [2.45, 2.75) is 12.7 Å². The molecular weight excluding hydrogens is 366 g/mol. The number of hydrogen-bond donors (Lipinski definition) is 1. The number of hydrogen-bond acceptors (Lipinski definition) is 2. The van der Waals surface area contributed by atoms with E-state index >= 15 is 0 Å². The summed E-state index contributed by atoms with van der Waals surface area (Å²) in [6.45, 7) is 0.193. The van der Waals surface area contributed by atoms with Crippen LogP contribution in [0.5, 0.6) is 0 Å². The minimum Gasteiger partial charge on any atom is -0.300 e. The number of nitrogens with one attached hydrogen (secondary N) is 1. The van der Waals surface area contributed by atoms with Gasteiger partial charge in [0.25, 0.3) is 0 Å². The second-order valence-corrected chi connectivity index (χ2v) is 5.45. The minimum atomic E-state index is -5.02. The van der Waals surface area contributed by atoms with Gasteiger partial charge in [-0.1, -0.05) is 40.9 Å². The van der Waals surface area contributed by atoms with E-state index in [0.29, 0.717) is 15.6 Å². The van der Waals surface area contributed by atoms with Crippen molar-refractivity contribution >= 4 is 46.5 Å². The Morgan fingerprint density at radius 3 is 2.45 bits per heavy atom. The van der Waals surface area contributed by atoms with Crippen LogP contribution in [-0.4, -0.2) is 21.9 Å². The number of aromatic nitrogens is 2. The fourth-order valence-corrected chi connectivity index (χ4v) is 2.08. The highest BCUT2D eigenvalue weighted by molar-refractivity contribution is 6.42. The van der Waals surface area contributed by atoms with Crippen LogP contribution in [0.2, 0.25) is 15.1 Å². The number of carbonyl (C=O) groups excluding carboxylic acids is 1. The lowest BCUT2D eigenvalue weighted by Gasteiger charge is -2.06. The molecule has 1 amide bonds. The van der Waals surface area contributed by atoms with Crippen molar-refractivity contribution in [3.63, 3.8) is 0 Å². The van der Waals surface area contributed by atoms with Crippen LogP contribution in [0, 0.1) is 0 Å². The molecule has 1 N–H and O–H groups in total. The van der Waals surface area contributed by atoms with Crippen molar-refractivity contribution < 1.29 is 18.0 Å². The Bertz CT molecular complexity index is 715. The molecule has 0 saturated carbocycles. The monoisotopic (exact) mass is 371 g/mol. The molecule has 10 heteroatoms. The van der Waals surface area contributed by atoms with Gasteiger partial charge in [-0.15, -0.1) is 0 Å². The highest BCUT2D eigenvalue weighted by Gasteiger charge is 2.39. The van der Waals surface area contributed by atoms with Crippen LogP contribution in [0.3, 0.4) is 0 Å². The van der Waals surface area contributed by atoms with Crippen molar-refractivity contribution in [1.82, 2.24) is 9.78 Å². The summed E-state index contributed by atoms with van der Waals surface area (Å²) in [5, 5.41) is 5.99. The largest absolute Gasteiger partial charge is 0.471 e. The van der Waals surface area contributed by atoms with Gasteiger partial charge in [-0.2, -0.15) is 18.3 Å². The van der Waals surface area contributed by atoms with Crippen LogP contribution in [0.4, 0.5) is 19.0 Å². The lowest BCUT2D eigenvalue weighted by Crippen LogP contribution is -2.30. The molecule has 22 heavy (non-hydrogen) atoms. The zero-order valence-corrected chi connectivity index (χ0v) is 12.9. The van der Waals surface area contributed by atoms with E-state index in [0.717, 1.165) is 0 Å². The lowest BCUT2D eigenvalue weighted by molar-refractivity contribution is -0.167. The normalized spacial score (nSPS) is 11.5. The number of halogens is 6. The van der Waals surface area contributed by atoms with Crippen LogP contribution >= 0.6 is 34.8 Å². The molecule has 0 aliphatic carbocycles. The Labute approximate surface area is 137 Å². The van der Waals surface area contributed by atoms with E-state index in [1.165, 1.54) is 10.9 Å². The van der Waals surface area contributed by atoms with Crippen molar-refractivity contribution in [3.8, 4) is 0 Å². The molecule has 0 fully saturated rings. The standard InChI is InChI=1S/C12H7Cl3F3N3O/c13-7-2-1-6(3-8(7)14)4-21-5-9(15)10(20-21)19-11(22)12(16,17)18/h1-3,5H,4H2,(H,19,20,22). The first-order chi connectivity index (χ1) is 10.2. The fourth-order valence-electron chi connectivity index (χ4n) is 1.57. The molecule has 0 aliphatic rings. The Balaban J connectivity index is 2.15. The topological polar surface area (TPSA) is 46.9 Å². The maximum absolute atomic E-state index is 12.2. The van der Waals surface area contributed by atoms with Crippen LogP contribution in [-0.2, 0) is 11.3 Å². The van der Waals surface area contributed by atoms with E-state index in [1.54, 1.807) is 23.5 Å². The minimum absolute atomic E-state index is 0.113. The quantitative estimate of drug-likeness (QED) is 0.868. The number of nitrogens with zero attached hydrogens (tertiary/aromatic N) is 2. The van der Waals surface area contributed by atoms with E-state index in [9.17, 15) is 18.0 Å². The average Bonchev–Trinajstić information content (AvgIpc) is 2.73. The highest BCUT2D eigenvalue weighted by atomic mass is 35.5. The number of amides is 1. The summed E-state index contributed by atoms with van der Waals surface area (Å²) in [5.74, 6) is -2.52. The van der Waals surface area contributed by atoms with E-state index in [2.05, 4.69) is 5.10 Å². The predicted octanol–water partition coefficient (Wildman–Crippen LogP) is 4.39. The average molecular weight is 373 g/mol. The molecule has 0 unspecified atom stereocenters. The summed E-state index contributed by atoms with van der Waals surface area (Å²) in [6.07, 6.45) is -3.73. The number of anilines is 1. The molecule has 0 atom stereocenters. The van der Waals surface area contributed by atoms with Crippen LogP contribution < -0.4 is 5.32 Å². The summed E-state index contributed by atoms with van der Waals surface area (Å²) >= 11 is 17.4. The lowest BCUT2D eigenvalue weighted by atomic mass is 10.2. The first-order valence-corrected chi connectivity index (χ1v) is 6.85. The molecule has 0 spiro atoms. The van der Waals surface area contributed by atoms with Gasteiger partial charge >= 0.3 is 12.1 Å². The number of benzene rings is 1. The summed E-state index contributed by atoms with van der Waals surface area (Å²) < 4.78 is 37.8. The molecule has 2 aromatic rings. The zero-order chi connectivity index (χ0) is 16.5. The SMILES string of the molecule is O=C(Nc1nn(Cc2ccc(Cl)c(Cl)c2)cc1Cl)C(F)(F)F. The fraction of sp³-hybridized carbons (Fsp3) is 0.167. The second-order valence-electron chi connectivity index (χ2n) is 4.22. The van der Waals surface area contributed by atoms with Gasteiger partial charge < -0.3 is 5.32 Å². The Morgan fingerprint density at radius 1 is 1.18 bits per heavy atom. The predicted molar refractivity (Wildman–Crippen MR) is 77.5 cm³/mol. The third kappa shape index (κ3) is 4.06. The number of alkyl halides is 3. The molecule has 118 valence electrons. The second kappa shape index (κ2) is 6.36. The smallest absolute Gasteiger partial charge is 0.300 e. The number of rotatable bonds is 3.